The summed E-state index contributed by atoms with van der Waals surface area (Å²) >= 11 is 0. The molecule has 0 bridgehead atoms. The Morgan fingerprint density at radius 1 is 1.05 bits per heavy atom. The Kier molecular flexibility index (Phi) is 5.48. The average molecular weight is 286 g/mol. The van der Waals surface area contributed by atoms with Crippen molar-refractivity contribution in [1.82, 2.24) is 5.43 Å². The predicted octanol–water partition coefficient (Wildman–Crippen LogP) is 4.16. The molecule has 21 heavy (non-hydrogen) atoms. The van der Waals surface area contributed by atoms with Crippen LogP contribution in [0, 0.1) is 11.7 Å². The SMILES string of the molecule is CCC(C)C(c1ccccc1)C(NN)c1ccccc1F. The van der Waals surface area contributed by atoms with E-state index in [0.29, 0.717) is 11.5 Å². The third-order valence-corrected chi connectivity index (χ3v) is 4.22. The molecule has 0 amide bonds. The molecule has 3 atom stereocenters. The van der Waals surface area contributed by atoms with Crippen LogP contribution in [0.25, 0.3) is 0 Å². The zero-order chi connectivity index (χ0) is 15.2. The molecule has 3 unspecified atom stereocenters. The molecule has 0 spiro atoms. The summed E-state index contributed by atoms with van der Waals surface area (Å²) in [5.74, 6) is 6.08. The number of hydrogen-bond donors (Lipinski definition) is 2. The summed E-state index contributed by atoms with van der Waals surface area (Å²) in [4.78, 5) is 0. The van der Waals surface area contributed by atoms with Crippen LogP contribution >= 0.6 is 0 Å². The fourth-order valence-electron chi connectivity index (χ4n) is 2.89. The fraction of sp³-hybridized carbons (Fsp3) is 0.333. The number of hydrazine groups is 1. The van der Waals surface area contributed by atoms with Crippen LogP contribution in [-0.2, 0) is 0 Å². The van der Waals surface area contributed by atoms with Crippen molar-refractivity contribution in [3.63, 3.8) is 0 Å². The van der Waals surface area contributed by atoms with Gasteiger partial charge in [-0.1, -0.05) is 68.8 Å². The van der Waals surface area contributed by atoms with Crippen LogP contribution < -0.4 is 11.3 Å². The Morgan fingerprint density at radius 2 is 1.67 bits per heavy atom. The maximum absolute atomic E-state index is 14.2. The molecule has 0 aromatic heterocycles. The third kappa shape index (κ3) is 3.49. The summed E-state index contributed by atoms with van der Waals surface area (Å²) in [5.41, 5.74) is 4.63. The lowest BCUT2D eigenvalue weighted by Gasteiger charge is -2.32. The normalized spacial score (nSPS) is 15.4. The van der Waals surface area contributed by atoms with E-state index < -0.39 is 0 Å². The molecule has 0 aliphatic heterocycles. The van der Waals surface area contributed by atoms with E-state index in [1.165, 1.54) is 11.6 Å². The van der Waals surface area contributed by atoms with Crippen LogP contribution in [0.3, 0.4) is 0 Å². The van der Waals surface area contributed by atoms with Crippen LogP contribution in [0.15, 0.2) is 54.6 Å². The summed E-state index contributed by atoms with van der Waals surface area (Å²) in [5, 5.41) is 0. The summed E-state index contributed by atoms with van der Waals surface area (Å²) in [6.45, 7) is 4.33. The van der Waals surface area contributed by atoms with Gasteiger partial charge in [0.05, 0.1) is 6.04 Å². The third-order valence-electron chi connectivity index (χ3n) is 4.22. The van der Waals surface area contributed by atoms with E-state index in [-0.39, 0.29) is 17.8 Å². The topological polar surface area (TPSA) is 38.0 Å². The lowest BCUT2D eigenvalue weighted by molar-refractivity contribution is 0.336. The van der Waals surface area contributed by atoms with Gasteiger partial charge >= 0.3 is 0 Å². The van der Waals surface area contributed by atoms with Gasteiger partial charge in [-0.2, -0.15) is 0 Å². The van der Waals surface area contributed by atoms with Crippen LogP contribution in [0.2, 0.25) is 0 Å². The van der Waals surface area contributed by atoms with Gasteiger partial charge in [0, 0.05) is 11.5 Å². The number of rotatable bonds is 6. The minimum absolute atomic E-state index is 0.123. The van der Waals surface area contributed by atoms with E-state index in [4.69, 9.17) is 5.84 Å². The highest BCUT2D eigenvalue weighted by atomic mass is 19.1. The molecule has 0 heterocycles. The monoisotopic (exact) mass is 286 g/mol. The number of halogens is 1. The van der Waals surface area contributed by atoms with Gasteiger partial charge in [-0.05, 0) is 17.5 Å². The fourth-order valence-corrected chi connectivity index (χ4v) is 2.89. The number of nitrogens with two attached hydrogens (primary N) is 1. The Balaban J connectivity index is 2.46. The van der Waals surface area contributed by atoms with Crippen molar-refractivity contribution in [2.75, 3.05) is 0 Å². The van der Waals surface area contributed by atoms with Crippen molar-refractivity contribution in [3.8, 4) is 0 Å². The summed E-state index contributed by atoms with van der Waals surface area (Å²) in [7, 11) is 0. The minimum Gasteiger partial charge on any atom is -0.271 e. The average Bonchev–Trinajstić information content (AvgIpc) is 2.53. The molecular weight excluding hydrogens is 263 g/mol. The van der Waals surface area contributed by atoms with E-state index in [1.54, 1.807) is 12.1 Å². The van der Waals surface area contributed by atoms with Gasteiger partial charge in [0.15, 0.2) is 0 Å². The molecule has 0 fully saturated rings. The van der Waals surface area contributed by atoms with Crippen molar-refractivity contribution >= 4 is 0 Å². The van der Waals surface area contributed by atoms with Crippen LogP contribution in [0.1, 0.15) is 43.4 Å². The zero-order valence-corrected chi connectivity index (χ0v) is 12.6. The van der Waals surface area contributed by atoms with E-state index in [9.17, 15) is 4.39 Å². The lowest BCUT2D eigenvalue weighted by Crippen LogP contribution is -2.35. The molecule has 2 rings (SSSR count). The Labute approximate surface area is 126 Å². The summed E-state index contributed by atoms with van der Waals surface area (Å²) in [6, 6.07) is 16.8. The van der Waals surface area contributed by atoms with Crippen LogP contribution in [-0.4, -0.2) is 0 Å². The second-order valence-electron chi connectivity index (χ2n) is 5.49. The zero-order valence-electron chi connectivity index (χ0n) is 12.6. The van der Waals surface area contributed by atoms with Crippen molar-refractivity contribution < 1.29 is 4.39 Å². The van der Waals surface area contributed by atoms with E-state index in [1.807, 2.05) is 24.3 Å². The summed E-state index contributed by atoms with van der Waals surface area (Å²) in [6.07, 6.45) is 1.01. The second-order valence-corrected chi connectivity index (χ2v) is 5.49. The maximum atomic E-state index is 14.2. The van der Waals surface area contributed by atoms with E-state index in [2.05, 4.69) is 31.4 Å². The number of benzene rings is 2. The molecule has 0 radical (unpaired) electrons. The lowest BCUT2D eigenvalue weighted by atomic mass is 9.78. The summed E-state index contributed by atoms with van der Waals surface area (Å²) < 4.78 is 14.2. The quantitative estimate of drug-likeness (QED) is 0.618. The van der Waals surface area contributed by atoms with Gasteiger partial charge in [0.25, 0.3) is 0 Å². The highest BCUT2D eigenvalue weighted by Crippen LogP contribution is 2.38. The molecule has 2 nitrogen and oxygen atoms in total. The molecule has 0 aliphatic carbocycles. The Hall–Kier alpha value is -1.71. The standard InChI is InChI=1S/C18H23FN2/c1-3-13(2)17(14-9-5-4-6-10-14)18(21-20)15-11-7-8-12-16(15)19/h4-13,17-18,21H,3,20H2,1-2H3. The predicted molar refractivity (Wildman–Crippen MR) is 85.1 cm³/mol. The highest BCUT2D eigenvalue weighted by molar-refractivity contribution is 5.29. The number of hydrogen-bond acceptors (Lipinski definition) is 2. The number of nitrogens with one attached hydrogen (secondary N) is 1. The van der Waals surface area contributed by atoms with Gasteiger partial charge in [-0.25, -0.2) is 4.39 Å². The molecular formula is C18H23FN2. The largest absolute Gasteiger partial charge is 0.271 e. The molecule has 0 saturated heterocycles. The molecule has 2 aromatic carbocycles. The van der Waals surface area contributed by atoms with E-state index in [0.717, 1.165) is 6.42 Å². The first kappa shape index (κ1) is 15.7. The first-order valence-corrected chi connectivity index (χ1v) is 7.44. The van der Waals surface area contributed by atoms with Crippen LogP contribution in [0.5, 0.6) is 0 Å². The van der Waals surface area contributed by atoms with E-state index >= 15 is 0 Å². The van der Waals surface area contributed by atoms with Crippen molar-refractivity contribution in [2.24, 2.45) is 11.8 Å². The molecule has 0 saturated carbocycles. The maximum Gasteiger partial charge on any atom is 0.128 e. The van der Waals surface area contributed by atoms with Gasteiger partial charge < -0.3 is 0 Å². The second kappa shape index (κ2) is 7.34. The molecule has 0 aliphatic rings. The van der Waals surface area contributed by atoms with Gasteiger partial charge in [0.1, 0.15) is 5.82 Å². The van der Waals surface area contributed by atoms with Crippen molar-refractivity contribution in [3.05, 3.63) is 71.5 Å². The Morgan fingerprint density at radius 3 is 2.24 bits per heavy atom. The van der Waals surface area contributed by atoms with Gasteiger partial charge in [0.2, 0.25) is 0 Å². The molecule has 3 heteroatoms. The first-order valence-electron chi connectivity index (χ1n) is 7.44. The molecule has 112 valence electrons. The first-order chi connectivity index (χ1) is 10.2. The molecule has 2 aromatic rings. The van der Waals surface area contributed by atoms with Crippen LogP contribution in [0.4, 0.5) is 4.39 Å². The van der Waals surface area contributed by atoms with Gasteiger partial charge in [-0.3, -0.25) is 11.3 Å². The Bertz CT molecular complexity index is 556. The van der Waals surface area contributed by atoms with Gasteiger partial charge in [-0.15, -0.1) is 0 Å². The molecule has 3 N–H and O–H groups in total. The van der Waals surface area contributed by atoms with Crippen molar-refractivity contribution in [2.45, 2.75) is 32.2 Å². The van der Waals surface area contributed by atoms with Crippen molar-refractivity contribution in [1.29, 1.82) is 0 Å². The minimum atomic E-state index is -0.247. The highest BCUT2D eigenvalue weighted by Gasteiger charge is 2.29. The smallest absolute Gasteiger partial charge is 0.128 e.